The molecule has 0 bridgehead atoms. The van der Waals surface area contributed by atoms with Gasteiger partial charge in [0.1, 0.15) is 17.4 Å². The zero-order valence-electron chi connectivity index (χ0n) is 18.5. The number of carbonyl (C=O) groups excluding carboxylic acids is 1. The van der Waals surface area contributed by atoms with Gasteiger partial charge >= 0.3 is 6.03 Å². The van der Waals surface area contributed by atoms with Crippen LogP contribution in [0.3, 0.4) is 0 Å². The van der Waals surface area contributed by atoms with Crippen LogP contribution in [0.5, 0.6) is 0 Å². The number of carbonyl (C=O) groups is 1. The second-order valence-electron chi connectivity index (χ2n) is 8.36. The highest BCUT2D eigenvalue weighted by Gasteiger charge is 2.35. The minimum atomic E-state index is -0.361. The smallest absolute Gasteiger partial charge is 0.318 e. The van der Waals surface area contributed by atoms with Gasteiger partial charge in [0.25, 0.3) is 0 Å². The first kappa shape index (κ1) is 21.5. The fraction of sp³-hybridized carbons (Fsp3) is 0.333. The van der Waals surface area contributed by atoms with Crippen molar-refractivity contribution in [2.45, 2.75) is 45.3 Å². The number of fused-ring (bicyclic) bond motifs is 1. The number of nitrogens with zero attached hydrogens (tertiary/aromatic N) is 5. The molecule has 5 rings (SSSR count). The predicted molar refractivity (Wildman–Crippen MR) is 125 cm³/mol. The molecule has 1 N–H and O–H groups in total. The van der Waals surface area contributed by atoms with Crippen molar-refractivity contribution in [1.82, 2.24) is 30.0 Å². The molecule has 2 atom stereocenters. The van der Waals surface area contributed by atoms with E-state index >= 15 is 0 Å². The predicted octanol–water partition coefficient (Wildman–Crippen LogP) is 5.04. The molecule has 0 spiro atoms. The number of amides is 2. The summed E-state index contributed by atoms with van der Waals surface area (Å²) in [6, 6.07) is 14.6. The lowest BCUT2D eigenvalue weighted by atomic mass is 10.2. The zero-order valence-corrected chi connectivity index (χ0v) is 19.3. The Labute approximate surface area is 196 Å². The number of rotatable bonds is 5. The average Bonchev–Trinajstić information content (AvgIpc) is 3.54. The van der Waals surface area contributed by atoms with Gasteiger partial charge in [-0.2, -0.15) is 0 Å². The number of para-hydroxylation sites is 2. The number of benzene rings is 2. The van der Waals surface area contributed by atoms with Gasteiger partial charge in [-0.3, -0.25) is 0 Å². The van der Waals surface area contributed by atoms with Crippen molar-refractivity contribution >= 4 is 28.7 Å². The number of oxazole rings is 1. The summed E-state index contributed by atoms with van der Waals surface area (Å²) >= 11 is 6.03. The van der Waals surface area contributed by atoms with Gasteiger partial charge in [0, 0.05) is 11.6 Å². The Balaban J connectivity index is 1.33. The van der Waals surface area contributed by atoms with E-state index in [4.69, 9.17) is 16.0 Å². The summed E-state index contributed by atoms with van der Waals surface area (Å²) in [5.41, 5.74) is 2.58. The van der Waals surface area contributed by atoms with E-state index in [1.165, 1.54) is 0 Å². The molecule has 8 nitrogen and oxygen atoms in total. The minimum Gasteiger partial charge on any atom is -0.438 e. The lowest BCUT2D eigenvalue weighted by Crippen LogP contribution is -2.41. The molecule has 0 saturated carbocycles. The van der Waals surface area contributed by atoms with E-state index < -0.39 is 0 Å². The normalized spacial score (nSPS) is 16.9. The molecule has 0 aliphatic carbocycles. The number of aryl methyl sites for hydroxylation is 1. The molecule has 1 saturated heterocycles. The van der Waals surface area contributed by atoms with Crippen LogP contribution in [-0.2, 0) is 6.54 Å². The molecule has 3 heterocycles. The lowest BCUT2D eigenvalue weighted by Gasteiger charge is -2.26. The Morgan fingerprint density at radius 3 is 2.79 bits per heavy atom. The van der Waals surface area contributed by atoms with Gasteiger partial charge in [0.15, 0.2) is 11.4 Å². The molecule has 2 amide bonds. The molecule has 0 radical (unpaired) electrons. The van der Waals surface area contributed by atoms with Crippen molar-refractivity contribution < 1.29 is 9.21 Å². The highest BCUT2D eigenvalue weighted by Crippen LogP contribution is 2.32. The third-order valence-electron chi connectivity index (χ3n) is 6.05. The second-order valence-corrected chi connectivity index (χ2v) is 8.80. The Kier molecular flexibility index (Phi) is 5.76. The van der Waals surface area contributed by atoms with Crippen LogP contribution < -0.4 is 5.32 Å². The first-order valence-corrected chi connectivity index (χ1v) is 11.4. The van der Waals surface area contributed by atoms with E-state index in [1.807, 2.05) is 67.3 Å². The van der Waals surface area contributed by atoms with Gasteiger partial charge in [-0.1, -0.05) is 35.9 Å². The number of likely N-dealkylation sites (tertiary alicyclic amines) is 1. The van der Waals surface area contributed by atoms with Crippen LogP contribution in [-0.4, -0.2) is 37.2 Å². The van der Waals surface area contributed by atoms with Crippen LogP contribution in [0.2, 0.25) is 5.02 Å². The van der Waals surface area contributed by atoms with E-state index in [0.29, 0.717) is 29.6 Å². The molecule has 2 aromatic heterocycles. The standard InChI is InChI=1S/C24H25ClN6O2/c1-15(23-27-19-6-3-4-8-21(19)33-23)26-24(32)30-13-5-7-20(30)22-29-28-16(2)31(22)14-17-9-11-18(25)12-10-17/h3-4,6,8-12,15,20H,5,7,13-14H2,1-2H3,(H,26,32)/t15-,20+/m0/s1. The Morgan fingerprint density at radius 1 is 1.21 bits per heavy atom. The van der Waals surface area contributed by atoms with Gasteiger partial charge in [-0.15, -0.1) is 10.2 Å². The van der Waals surface area contributed by atoms with Crippen molar-refractivity contribution in [1.29, 1.82) is 0 Å². The third kappa shape index (κ3) is 4.30. The summed E-state index contributed by atoms with van der Waals surface area (Å²) in [6.45, 7) is 5.09. The maximum absolute atomic E-state index is 13.2. The first-order chi connectivity index (χ1) is 16.0. The molecule has 0 unspecified atom stereocenters. The number of halogens is 1. The van der Waals surface area contributed by atoms with Gasteiger partial charge in [0.05, 0.1) is 12.6 Å². The van der Waals surface area contributed by atoms with Gasteiger partial charge < -0.3 is 19.2 Å². The summed E-state index contributed by atoms with van der Waals surface area (Å²) in [7, 11) is 0. The summed E-state index contributed by atoms with van der Waals surface area (Å²) in [6.07, 6.45) is 1.74. The molecule has 1 aliphatic rings. The third-order valence-corrected chi connectivity index (χ3v) is 6.30. The van der Waals surface area contributed by atoms with Crippen molar-refractivity contribution in [3.8, 4) is 0 Å². The largest absolute Gasteiger partial charge is 0.438 e. The summed E-state index contributed by atoms with van der Waals surface area (Å²) < 4.78 is 7.89. The highest BCUT2D eigenvalue weighted by atomic mass is 35.5. The number of nitrogens with one attached hydrogen (secondary N) is 1. The number of hydrogen-bond acceptors (Lipinski definition) is 5. The molecule has 1 aliphatic heterocycles. The molecule has 2 aromatic carbocycles. The van der Waals surface area contributed by atoms with Crippen molar-refractivity contribution in [3.63, 3.8) is 0 Å². The van der Waals surface area contributed by atoms with E-state index in [9.17, 15) is 4.79 Å². The molecule has 170 valence electrons. The van der Waals surface area contributed by atoms with Crippen LogP contribution >= 0.6 is 11.6 Å². The maximum Gasteiger partial charge on any atom is 0.318 e. The molecule has 9 heteroatoms. The average molecular weight is 465 g/mol. The topological polar surface area (TPSA) is 89.1 Å². The minimum absolute atomic E-state index is 0.144. The van der Waals surface area contributed by atoms with Crippen LogP contribution in [0.15, 0.2) is 52.9 Å². The van der Waals surface area contributed by atoms with E-state index in [-0.39, 0.29) is 18.1 Å². The maximum atomic E-state index is 13.2. The molecular weight excluding hydrogens is 440 g/mol. The number of hydrogen-bond donors (Lipinski definition) is 1. The fourth-order valence-corrected chi connectivity index (χ4v) is 4.42. The fourth-order valence-electron chi connectivity index (χ4n) is 4.29. The second kappa shape index (κ2) is 8.86. The van der Waals surface area contributed by atoms with Crippen LogP contribution in [0.25, 0.3) is 11.1 Å². The van der Waals surface area contributed by atoms with Crippen molar-refractivity contribution in [2.24, 2.45) is 0 Å². The summed E-state index contributed by atoms with van der Waals surface area (Å²) in [5.74, 6) is 2.10. The quantitative estimate of drug-likeness (QED) is 0.447. The van der Waals surface area contributed by atoms with Gasteiger partial charge in [-0.25, -0.2) is 9.78 Å². The number of aromatic nitrogens is 4. The van der Waals surface area contributed by atoms with Gasteiger partial charge in [0.2, 0.25) is 5.89 Å². The summed E-state index contributed by atoms with van der Waals surface area (Å²) in [5, 5.41) is 12.5. The van der Waals surface area contributed by atoms with Crippen LogP contribution in [0.1, 0.15) is 55.0 Å². The summed E-state index contributed by atoms with van der Waals surface area (Å²) in [4.78, 5) is 19.6. The van der Waals surface area contributed by atoms with E-state index in [0.717, 1.165) is 35.6 Å². The first-order valence-electron chi connectivity index (χ1n) is 11.1. The lowest BCUT2D eigenvalue weighted by molar-refractivity contribution is 0.185. The Morgan fingerprint density at radius 2 is 2.00 bits per heavy atom. The SMILES string of the molecule is Cc1nnc([C@H]2CCCN2C(=O)N[C@@H](C)c2nc3ccccc3o2)n1Cc1ccc(Cl)cc1. The molecule has 4 aromatic rings. The monoisotopic (exact) mass is 464 g/mol. The molecule has 1 fully saturated rings. The van der Waals surface area contributed by atoms with E-state index in [2.05, 4.69) is 25.1 Å². The van der Waals surface area contributed by atoms with E-state index in [1.54, 1.807) is 0 Å². The number of urea groups is 1. The van der Waals surface area contributed by atoms with Crippen LogP contribution in [0, 0.1) is 6.92 Å². The molecular formula is C24H25ClN6O2. The van der Waals surface area contributed by atoms with Gasteiger partial charge in [-0.05, 0) is 56.5 Å². The molecule has 33 heavy (non-hydrogen) atoms. The highest BCUT2D eigenvalue weighted by molar-refractivity contribution is 6.30. The van der Waals surface area contributed by atoms with Crippen molar-refractivity contribution in [2.75, 3.05) is 6.54 Å². The Bertz CT molecular complexity index is 1250. The van der Waals surface area contributed by atoms with Crippen LogP contribution in [0.4, 0.5) is 4.79 Å². The Hall–Kier alpha value is -3.39. The zero-order chi connectivity index (χ0) is 22.9. The van der Waals surface area contributed by atoms with Crippen molar-refractivity contribution in [3.05, 3.63) is 76.7 Å².